The molecule has 7 aromatic carbocycles. The topological polar surface area (TPSA) is 69.4 Å². The lowest BCUT2D eigenvalue weighted by atomic mass is 10.1. The lowest BCUT2D eigenvalue weighted by Crippen LogP contribution is -2.00. The molecule has 296 valence electrons. The molecule has 0 fully saturated rings. The Morgan fingerprint density at radius 3 is 1.83 bits per heavy atom. The fourth-order valence-corrected chi connectivity index (χ4v) is 11.4. The van der Waals surface area contributed by atoms with Gasteiger partial charge in [0, 0.05) is 74.5 Å². The Balaban J connectivity index is 0.935. The zero-order valence-corrected chi connectivity index (χ0v) is 35.4. The Hall–Kier alpha value is -7.65. The molecule has 0 aliphatic heterocycles. The fraction of sp³-hybridized carbons (Fsp3) is 0.0364. The van der Waals surface area contributed by atoms with Gasteiger partial charge in [0.25, 0.3) is 0 Å². The summed E-state index contributed by atoms with van der Waals surface area (Å²) in [6.07, 6.45) is 8.68. The first-order valence-corrected chi connectivity index (χ1v) is 22.8. The first-order chi connectivity index (χ1) is 31.2. The predicted octanol–water partition coefficient (Wildman–Crippen LogP) is 15.0. The van der Waals surface area contributed by atoms with Gasteiger partial charge in [0.15, 0.2) is 23.3 Å². The van der Waals surface area contributed by atoms with E-state index in [1.165, 1.54) is 47.0 Å². The molecule has 5 heterocycles. The standard InChI is InChI=1S/C55H34N6S2/c1-4-14-33(15-5-1)49-51-50(41-21-11-13-23-46(41)63-51)57-53(56-49)37-24-27-40-43-31-36(26-29-47(43)62-48(40)32-37)55-59-52(34-16-6-2-7-17-34)58-54(60-55)35-25-28-45-42(30-35)39-20-10-12-22-44(39)61(45)38-18-8-3-9-19-38/h1-8,10-18,20-32H,9,19H2. The number of thiophene rings is 2. The van der Waals surface area contributed by atoms with Gasteiger partial charge in [-0.1, -0.05) is 121 Å². The van der Waals surface area contributed by atoms with Crippen LogP contribution < -0.4 is 0 Å². The third-order valence-corrected chi connectivity index (χ3v) is 14.4. The molecule has 0 unspecified atom stereocenters. The van der Waals surface area contributed by atoms with E-state index in [1.807, 2.05) is 24.3 Å². The molecule has 0 radical (unpaired) electrons. The number of benzene rings is 7. The van der Waals surface area contributed by atoms with Gasteiger partial charge in [0.05, 0.1) is 26.9 Å². The lowest BCUT2D eigenvalue weighted by Gasteiger charge is -2.14. The maximum atomic E-state index is 5.25. The fourth-order valence-electron chi connectivity index (χ4n) is 9.12. The van der Waals surface area contributed by atoms with Crippen molar-refractivity contribution in [2.45, 2.75) is 12.8 Å². The molecule has 0 amide bonds. The second-order valence-electron chi connectivity index (χ2n) is 15.9. The molecular weight excluding hydrogens is 809 g/mol. The third-order valence-electron chi connectivity index (χ3n) is 12.1. The Bertz CT molecular complexity index is 3860. The molecule has 0 spiro atoms. The SMILES string of the molecule is C1=CCCC(n2c3ccccc3c3cc(-c4nc(-c5ccccc5)nc(-c5ccc6sc7cc(-c8nc(-c9ccccc9)c9sc%10ccccc%10c9n8)ccc7c6c5)n4)ccc32)=C1. The number of allylic oxidation sites excluding steroid dienone is 4. The summed E-state index contributed by atoms with van der Waals surface area (Å²) in [6.45, 7) is 0. The van der Waals surface area contributed by atoms with Crippen LogP contribution in [-0.4, -0.2) is 29.5 Å². The highest BCUT2D eigenvalue weighted by atomic mass is 32.1. The van der Waals surface area contributed by atoms with Crippen LogP contribution in [-0.2, 0) is 0 Å². The number of hydrogen-bond donors (Lipinski definition) is 0. The molecule has 13 rings (SSSR count). The second-order valence-corrected chi connectivity index (χ2v) is 18.1. The van der Waals surface area contributed by atoms with Crippen molar-refractivity contribution in [3.63, 3.8) is 0 Å². The zero-order chi connectivity index (χ0) is 41.4. The average molecular weight is 843 g/mol. The monoisotopic (exact) mass is 842 g/mol. The van der Waals surface area contributed by atoms with E-state index in [9.17, 15) is 0 Å². The van der Waals surface area contributed by atoms with Crippen LogP contribution >= 0.6 is 22.7 Å². The van der Waals surface area contributed by atoms with Crippen LogP contribution in [0.25, 0.3) is 125 Å². The minimum atomic E-state index is 0.636. The van der Waals surface area contributed by atoms with Gasteiger partial charge >= 0.3 is 0 Å². The van der Waals surface area contributed by atoms with Gasteiger partial charge in [-0.25, -0.2) is 24.9 Å². The Kier molecular flexibility index (Phi) is 8.29. The highest BCUT2D eigenvalue weighted by Gasteiger charge is 2.20. The summed E-state index contributed by atoms with van der Waals surface area (Å²) in [5.74, 6) is 2.64. The summed E-state index contributed by atoms with van der Waals surface area (Å²) < 4.78 is 7.10. The van der Waals surface area contributed by atoms with Gasteiger partial charge in [-0.05, 0) is 73.5 Å². The van der Waals surface area contributed by atoms with Crippen LogP contribution in [0.1, 0.15) is 12.8 Å². The first-order valence-electron chi connectivity index (χ1n) is 21.1. The van der Waals surface area contributed by atoms with Crippen molar-refractivity contribution in [2.75, 3.05) is 0 Å². The minimum Gasteiger partial charge on any atom is -0.313 e. The van der Waals surface area contributed by atoms with Crippen molar-refractivity contribution in [3.05, 3.63) is 182 Å². The van der Waals surface area contributed by atoms with Crippen molar-refractivity contribution >= 4 is 90.7 Å². The van der Waals surface area contributed by atoms with Crippen LogP contribution in [0, 0.1) is 0 Å². The largest absolute Gasteiger partial charge is 0.313 e. The summed E-state index contributed by atoms with van der Waals surface area (Å²) in [6, 6.07) is 57.7. The molecule has 0 saturated carbocycles. The molecule has 0 bridgehead atoms. The van der Waals surface area contributed by atoms with Crippen molar-refractivity contribution in [1.29, 1.82) is 0 Å². The van der Waals surface area contributed by atoms with E-state index >= 15 is 0 Å². The van der Waals surface area contributed by atoms with E-state index in [2.05, 4.69) is 162 Å². The van der Waals surface area contributed by atoms with Crippen LogP contribution in [0.4, 0.5) is 0 Å². The summed E-state index contributed by atoms with van der Waals surface area (Å²) in [7, 11) is 0. The van der Waals surface area contributed by atoms with E-state index in [0.29, 0.717) is 17.5 Å². The van der Waals surface area contributed by atoms with Crippen molar-refractivity contribution in [2.24, 2.45) is 0 Å². The molecular formula is C55H34N6S2. The molecule has 1 aliphatic carbocycles. The van der Waals surface area contributed by atoms with E-state index in [-0.39, 0.29) is 0 Å². The summed E-state index contributed by atoms with van der Waals surface area (Å²) in [5.41, 5.74) is 10.6. The average Bonchev–Trinajstić information content (AvgIpc) is 4.03. The molecule has 0 saturated heterocycles. The van der Waals surface area contributed by atoms with Crippen molar-refractivity contribution in [1.82, 2.24) is 29.5 Å². The Morgan fingerprint density at radius 2 is 1.03 bits per heavy atom. The molecule has 5 aromatic heterocycles. The molecule has 8 heteroatoms. The summed E-state index contributed by atoms with van der Waals surface area (Å²) >= 11 is 3.54. The summed E-state index contributed by atoms with van der Waals surface area (Å²) in [5, 5.41) is 5.88. The quantitative estimate of drug-likeness (QED) is 0.167. The van der Waals surface area contributed by atoms with Crippen molar-refractivity contribution in [3.8, 4) is 56.8 Å². The van der Waals surface area contributed by atoms with E-state index < -0.39 is 0 Å². The lowest BCUT2D eigenvalue weighted by molar-refractivity contribution is 0.979. The van der Waals surface area contributed by atoms with Crippen LogP contribution in [0.15, 0.2) is 182 Å². The number of hydrogen-bond acceptors (Lipinski definition) is 7. The minimum absolute atomic E-state index is 0.636. The predicted molar refractivity (Wildman–Crippen MR) is 264 cm³/mol. The summed E-state index contributed by atoms with van der Waals surface area (Å²) in [4.78, 5) is 25.9. The number of nitrogens with zero attached hydrogens (tertiary/aromatic N) is 6. The van der Waals surface area contributed by atoms with Crippen LogP contribution in [0.5, 0.6) is 0 Å². The Labute approximate surface area is 369 Å². The first kappa shape index (κ1) is 36.0. The third kappa shape index (κ3) is 6.02. The highest BCUT2D eigenvalue weighted by molar-refractivity contribution is 7.26. The molecule has 1 aliphatic rings. The number of fused-ring (bicyclic) bond motifs is 9. The smallest absolute Gasteiger partial charge is 0.164 e. The van der Waals surface area contributed by atoms with Gasteiger partial charge in [-0.2, -0.15) is 0 Å². The number of para-hydroxylation sites is 1. The Morgan fingerprint density at radius 1 is 0.413 bits per heavy atom. The van der Waals surface area contributed by atoms with Crippen LogP contribution in [0.2, 0.25) is 0 Å². The molecule has 12 aromatic rings. The maximum absolute atomic E-state index is 5.25. The van der Waals surface area contributed by atoms with E-state index in [1.54, 1.807) is 22.7 Å². The van der Waals surface area contributed by atoms with Gasteiger partial charge in [0.1, 0.15) is 0 Å². The van der Waals surface area contributed by atoms with Gasteiger partial charge in [0.2, 0.25) is 0 Å². The van der Waals surface area contributed by atoms with E-state index in [0.717, 1.165) is 73.2 Å². The van der Waals surface area contributed by atoms with Gasteiger partial charge in [-0.3, -0.25) is 0 Å². The van der Waals surface area contributed by atoms with Crippen molar-refractivity contribution < 1.29 is 0 Å². The van der Waals surface area contributed by atoms with E-state index in [4.69, 9.17) is 24.9 Å². The number of rotatable bonds is 6. The van der Waals surface area contributed by atoms with Crippen LogP contribution in [0.3, 0.4) is 0 Å². The normalized spacial score (nSPS) is 13.0. The van der Waals surface area contributed by atoms with Gasteiger partial charge in [-0.15, -0.1) is 22.7 Å². The molecule has 0 N–H and O–H groups in total. The molecule has 0 atom stereocenters. The van der Waals surface area contributed by atoms with Gasteiger partial charge < -0.3 is 4.57 Å². The second kappa shape index (κ2) is 14.5. The number of aromatic nitrogens is 6. The maximum Gasteiger partial charge on any atom is 0.164 e. The molecule has 63 heavy (non-hydrogen) atoms. The molecule has 6 nitrogen and oxygen atoms in total. The zero-order valence-electron chi connectivity index (χ0n) is 33.7. The highest BCUT2D eigenvalue weighted by Crippen LogP contribution is 2.42.